The van der Waals surface area contributed by atoms with Crippen LogP contribution in [-0.2, 0) is 9.59 Å². The van der Waals surface area contributed by atoms with Gasteiger partial charge in [0.1, 0.15) is 0 Å². The zero-order valence-electron chi connectivity index (χ0n) is 10.5. The quantitative estimate of drug-likeness (QED) is 0.700. The maximum atomic E-state index is 12.0. The van der Waals surface area contributed by atoms with Crippen molar-refractivity contribution in [1.29, 1.82) is 5.26 Å². The van der Waals surface area contributed by atoms with E-state index >= 15 is 0 Å². The number of piperidine rings is 1. The van der Waals surface area contributed by atoms with Gasteiger partial charge in [0.25, 0.3) is 0 Å². The molecule has 0 N–H and O–H groups in total. The summed E-state index contributed by atoms with van der Waals surface area (Å²) in [5.41, 5.74) is -0.293. The van der Waals surface area contributed by atoms with Gasteiger partial charge in [-0.05, 0) is 18.3 Å². The Hall–Kier alpha value is -1.37. The Bertz CT molecular complexity index is 382. The molecule has 0 atom stereocenters. The van der Waals surface area contributed by atoms with E-state index in [9.17, 15) is 9.59 Å². The number of imide groups is 1. The highest BCUT2D eigenvalue weighted by Gasteiger charge is 2.48. The number of amides is 2. The average molecular weight is 234 g/mol. The van der Waals surface area contributed by atoms with Crippen LogP contribution in [0.2, 0.25) is 0 Å². The lowest BCUT2D eigenvalue weighted by Crippen LogP contribution is -2.48. The van der Waals surface area contributed by atoms with Crippen molar-refractivity contribution in [2.45, 2.75) is 46.0 Å². The van der Waals surface area contributed by atoms with E-state index in [1.54, 1.807) is 0 Å². The Balaban J connectivity index is 2.05. The summed E-state index contributed by atoms with van der Waals surface area (Å²) in [6.07, 6.45) is 3.23. The van der Waals surface area contributed by atoms with Gasteiger partial charge < -0.3 is 0 Å². The van der Waals surface area contributed by atoms with Crippen molar-refractivity contribution < 1.29 is 9.59 Å². The zero-order valence-corrected chi connectivity index (χ0v) is 10.5. The molecule has 17 heavy (non-hydrogen) atoms. The summed E-state index contributed by atoms with van der Waals surface area (Å²) in [5.74, 6) is -0.147. The van der Waals surface area contributed by atoms with Crippen LogP contribution in [0.15, 0.2) is 0 Å². The number of carbonyl (C=O) groups is 2. The van der Waals surface area contributed by atoms with Gasteiger partial charge >= 0.3 is 0 Å². The van der Waals surface area contributed by atoms with Gasteiger partial charge in [0.15, 0.2) is 0 Å². The summed E-state index contributed by atoms with van der Waals surface area (Å²) in [5, 5.41) is 8.75. The maximum absolute atomic E-state index is 12.0. The lowest BCUT2D eigenvalue weighted by molar-refractivity contribution is -0.153. The van der Waals surface area contributed by atoms with Gasteiger partial charge in [0.05, 0.1) is 6.07 Å². The van der Waals surface area contributed by atoms with Gasteiger partial charge in [0, 0.05) is 31.2 Å². The minimum atomic E-state index is -0.212. The van der Waals surface area contributed by atoms with Gasteiger partial charge in [-0.25, -0.2) is 0 Å². The lowest BCUT2D eigenvalue weighted by atomic mass is 9.81. The monoisotopic (exact) mass is 234 g/mol. The fourth-order valence-electron chi connectivity index (χ4n) is 2.46. The molecule has 1 heterocycles. The Kier molecular flexibility index (Phi) is 2.73. The molecule has 1 saturated heterocycles. The van der Waals surface area contributed by atoms with E-state index in [-0.39, 0.29) is 22.6 Å². The molecule has 0 bridgehead atoms. The van der Waals surface area contributed by atoms with Crippen molar-refractivity contribution >= 4 is 11.8 Å². The van der Waals surface area contributed by atoms with Gasteiger partial charge in [0.2, 0.25) is 11.8 Å². The van der Waals surface area contributed by atoms with Gasteiger partial charge in [-0.15, -0.1) is 0 Å². The van der Waals surface area contributed by atoms with E-state index in [1.165, 1.54) is 4.90 Å². The van der Waals surface area contributed by atoms with Crippen molar-refractivity contribution in [3.8, 4) is 6.07 Å². The van der Waals surface area contributed by atoms with Crippen LogP contribution in [0.1, 0.15) is 46.0 Å². The van der Waals surface area contributed by atoms with Crippen molar-refractivity contribution in [3.63, 3.8) is 0 Å². The van der Waals surface area contributed by atoms with Crippen molar-refractivity contribution in [2.75, 3.05) is 6.54 Å². The van der Waals surface area contributed by atoms with E-state index in [0.717, 1.165) is 12.8 Å². The molecule has 4 nitrogen and oxygen atoms in total. The first-order valence-electron chi connectivity index (χ1n) is 6.08. The summed E-state index contributed by atoms with van der Waals surface area (Å²) >= 11 is 0. The second-order valence-electron chi connectivity index (χ2n) is 6.23. The number of rotatable bonds is 3. The Labute approximate surface area is 102 Å². The predicted molar refractivity (Wildman–Crippen MR) is 61.6 cm³/mol. The zero-order chi connectivity index (χ0) is 12.7. The summed E-state index contributed by atoms with van der Waals surface area (Å²) in [6.45, 7) is 4.35. The highest BCUT2D eigenvalue weighted by molar-refractivity contribution is 5.98. The molecular weight excluding hydrogens is 216 g/mol. The fourth-order valence-corrected chi connectivity index (χ4v) is 2.46. The van der Waals surface area contributed by atoms with E-state index < -0.39 is 0 Å². The molecule has 1 saturated carbocycles. The number of hydrogen-bond acceptors (Lipinski definition) is 3. The van der Waals surface area contributed by atoms with Crippen LogP contribution in [0.4, 0.5) is 0 Å². The van der Waals surface area contributed by atoms with Gasteiger partial charge in [-0.3, -0.25) is 14.5 Å². The van der Waals surface area contributed by atoms with Crippen molar-refractivity contribution in [3.05, 3.63) is 0 Å². The van der Waals surface area contributed by atoms with Gasteiger partial charge in [-0.2, -0.15) is 5.26 Å². The molecule has 4 heteroatoms. The first-order chi connectivity index (χ1) is 7.87. The summed E-state index contributed by atoms with van der Waals surface area (Å²) < 4.78 is 0. The van der Waals surface area contributed by atoms with Crippen molar-refractivity contribution in [2.24, 2.45) is 10.8 Å². The second-order valence-corrected chi connectivity index (χ2v) is 6.23. The molecule has 92 valence electrons. The molecule has 2 amide bonds. The molecule has 1 aliphatic heterocycles. The predicted octanol–water partition coefficient (Wildman–Crippen LogP) is 1.86. The molecule has 0 aromatic rings. The van der Waals surface area contributed by atoms with Crippen LogP contribution >= 0.6 is 0 Å². The topological polar surface area (TPSA) is 61.2 Å². The number of nitriles is 1. The fraction of sp³-hybridized carbons (Fsp3) is 0.769. The van der Waals surface area contributed by atoms with Crippen LogP contribution in [0.25, 0.3) is 0 Å². The third-order valence-corrected chi connectivity index (χ3v) is 3.77. The normalized spacial score (nSPS) is 25.6. The largest absolute Gasteiger partial charge is 0.282 e. The summed E-state index contributed by atoms with van der Waals surface area (Å²) in [4.78, 5) is 25.3. The van der Waals surface area contributed by atoms with Crippen LogP contribution in [0.3, 0.4) is 0 Å². The Morgan fingerprint density at radius 1 is 1.24 bits per heavy atom. The first-order valence-corrected chi connectivity index (χ1v) is 6.08. The third kappa shape index (κ3) is 2.49. The minimum Gasteiger partial charge on any atom is -0.282 e. The molecular formula is C13H18N2O2. The molecule has 0 radical (unpaired) electrons. The maximum Gasteiger partial charge on any atom is 0.229 e. The molecule has 2 rings (SSSR count). The molecule has 1 aliphatic carbocycles. The van der Waals surface area contributed by atoms with E-state index in [0.29, 0.717) is 25.8 Å². The van der Waals surface area contributed by atoms with E-state index in [1.807, 2.05) is 13.8 Å². The number of carbonyl (C=O) groups excluding carboxylic acids is 2. The summed E-state index contributed by atoms with van der Waals surface area (Å²) in [7, 11) is 0. The standard InChI is InChI=1S/C13H18N2O2/c1-12(2)7-10(16)15(11(17)8-12)9-13(3-4-13)5-6-14/h3-5,7-9H2,1-2H3. The third-order valence-electron chi connectivity index (χ3n) is 3.77. The second kappa shape index (κ2) is 3.83. The first kappa shape index (κ1) is 12.1. The van der Waals surface area contributed by atoms with E-state index in [2.05, 4.69) is 6.07 Å². The molecule has 0 spiro atoms. The van der Waals surface area contributed by atoms with Crippen LogP contribution in [0, 0.1) is 22.2 Å². The van der Waals surface area contributed by atoms with Crippen LogP contribution in [-0.4, -0.2) is 23.3 Å². The van der Waals surface area contributed by atoms with E-state index in [4.69, 9.17) is 5.26 Å². The average Bonchev–Trinajstić information content (AvgIpc) is 2.91. The van der Waals surface area contributed by atoms with Crippen LogP contribution in [0.5, 0.6) is 0 Å². The number of hydrogen-bond donors (Lipinski definition) is 0. The highest BCUT2D eigenvalue weighted by Crippen LogP contribution is 2.50. The lowest BCUT2D eigenvalue weighted by Gasteiger charge is -2.36. The highest BCUT2D eigenvalue weighted by atomic mass is 16.2. The molecule has 2 fully saturated rings. The SMILES string of the molecule is CC1(C)CC(=O)N(CC2(CC#N)CC2)C(=O)C1. The molecule has 0 unspecified atom stereocenters. The number of nitrogens with zero attached hydrogens (tertiary/aromatic N) is 2. The van der Waals surface area contributed by atoms with Crippen molar-refractivity contribution in [1.82, 2.24) is 4.90 Å². The smallest absolute Gasteiger partial charge is 0.229 e. The molecule has 0 aromatic carbocycles. The minimum absolute atomic E-state index is 0.0736. The van der Waals surface area contributed by atoms with Gasteiger partial charge in [-0.1, -0.05) is 13.8 Å². The molecule has 2 aliphatic rings. The molecule has 0 aromatic heterocycles. The Morgan fingerprint density at radius 2 is 1.76 bits per heavy atom. The Morgan fingerprint density at radius 3 is 2.18 bits per heavy atom. The number of likely N-dealkylation sites (tertiary alicyclic amines) is 1. The summed E-state index contributed by atoms with van der Waals surface area (Å²) in [6, 6.07) is 2.16. The van der Waals surface area contributed by atoms with Crippen LogP contribution < -0.4 is 0 Å².